The summed E-state index contributed by atoms with van der Waals surface area (Å²) in [6, 6.07) is 24.9. The van der Waals surface area contributed by atoms with Gasteiger partial charge in [-0.2, -0.15) is 13.2 Å². The van der Waals surface area contributed by atoms with Crippen molar-refractivity contribution in [2.75, 3.05) is 6.54 Å². The quantitative estimate of drug-likeness (QED) is 0.305. The van der Waals surface area contributed by atoms with Gasteiger partial charge in [0.1, 0.15) is 10.4 Å². The number of aryl methyl sites for hydroxylation is 1. The van der Waals surface area contributed by atoms with Gasteiger partial charge in [0, 0.05) is 17.0 Å². The minimum atomic E-state index is -4.41. The van der Waals surface area contributed by atoms with E-state index in [1.165, 1.54) is 17.4 Å². The molecule has 178 valence electrons. The molecule has 0 aliphatic carbocycles. The van der Waals surface area contributed by atoms with Gasteiger partial charge in [0.2, 0.25) is 5.91 Å². The van der Waals surface area contributed by atoms with Crippen LogP contribution in [0.4, 0.5) is 13.2 Å². The molecule has 1 saturated heterocycles. The fourth-order valence-corrected chi connectivity index (χ4v) is 5.85. The molecule has 1 aliphatic heterocycles. The van der Waals surface area contributed by atoms with E-state index in [1.807, 2.05) is 72.5 Å². The van der Waals surface area contributed by atoms with Crippen molar-refractivity contribution in [3.05, 3.63) is 112 Å². The lowest BCUT2D eigenvalue weighted by Gasteiger charge is -2.29. The lowest BCUT2D eigenvalue weighted by molar-refractivity contribution is -0.137. The van der Waals surface area contributed by atoms with E-state index in [-0.39, 0.29) is 5.91 Å². The Balaban J connectivity index is 1.46. The van der Waals surface area contributed by atoms with Crippen LogP contribution in [0, 0.1) is 6.92 Å². The summed E-state index contributed by atoms with van der Waals surface area (Å²) in [5.41, 5.74) is 1.62. The summed E-state index contributed by atoms with van der Waals surface area (Å²) in [6.07, 6.45) is -3.76. The normalized spacial score (nSPS) is 15.5. The van der Waals surface area contributed by atoms with E-state index in [9.17, 15) is 18.0 Å². The largest absolute Gasteiger partial charge is 0.416 e. The molecule has 5 rings (SSSR count). The van der Waals surface area contributed by atoms with Gasteiger partial charge in [-0.15, -0.1) is 11.3 Å². The second-order valence-corrected chi connectivity index (χ2v) is 9.80. The Morgan fingerprint density at radius 2 is 1.57 bits per heavy atom. The smallest absolute Gasteiger partial charge is 0.336 e. The molecular formula is C28H23F3N2OS. The van der Waals surface area contributed by atoms with E-state index in [0.717, 1.165) is 33.8 Å². The van der Waals surface area contributed by atoms with Gasteiger partial charge in [-0.1, -0.05) is 72.8 Å². The summed E-state index contributed by atoms with van der Waals surface area (Å²) in [7, 11) is 0. The van der Waals surface area contributed by atoms with Crippen LogP contribution in [0.3, 0.4) is 0 Å². The Morgan fingerprint density at radius 1 is 0.943 bits per heavy atom. The lowest BCUT2D eigenvalue weighted by atomic mass is 9.73. The maximum Gasteiger partial charge on any atom is 0.416 e. The van der Waals surface area contributed by atoms with Crippen LogP contribution in [0.15, 0.2) is 84.9 Å². The first-order valence-electron chi connectivity index (χ1n) is 11.3. The highest BCUT2D eigenvalue weighted by molar-refractivity contribution is 7.15. The van der Waals surface area contributed by atoms with Gasteiger partial charge in [0.05, 0.1) is 17.8 Å². The molecule has 1 amide bonds. The van der Waals surface area contributed by atoms with Crippen molar-refractivity contribution in [3.8, 4) is 10.6 Å². The lowest BCUT2D eigenvalue weighted by Crippen LogP contribution is -2.38. The molecule has 0 radical (unpaired) electrons. The Morgan fingerprint density at radius 3 is 2.17 bits per heavy atom. The third-order valence-corrected chi connectivity index (χ3v) is 7.80. The number of hydrogen-bond acceptors (Lipinski definition) is 3. The van der Waals surface area contributed by atoms with Gasteiger partial charge < -0.3 is 4.90 Å². The molecular weight excluding hydrogens is 469 g/mol. The molecule has 0 bridgehead atoms. The Hall–Kier alpha value is -3.45. The minimum absolute atomic E-state index is 0.0309. The Kier molecular flexibility index (Phi) is 5.97. The number of likely N-dealkylation sites (tertiary alicyclic amines) is 1. The predicted octanol–water partition coefficient (Wildman–Crippen LogP) is 6.86. The summed E-state index contributed by atoms with van der Waals surface area (Å²) in [5.74, 6) is 0.0309. The fourth-order valence-electron chi connectivity index (χ4n) is 4.78. The zero-order valence-electron chi connectivity index (χ0n) is 19.0. The number of rotatable bonds is 5. The van der Waals surface area contributed by atoms with Crippen LogP contribution in [-0.2, 0) is 22.9 Å². The van der Waals surface area contributed by atoms with Gasteiger partial charge in [-0.3, -0.25) is 4.79 Å². The highest BCUT2D eigenvalue weighted by Gasteiger charge is 2.49. The van der Waals surface area contributed by atoms with Gasteiger partial charge >= 0.3 is 6.18 Å². The number of thiazole rings is 1. The standard InChI is InChI=1S/C28H23F3N2OS/c1-19-24(35-25(32-19)20-9-8-14-23(17-20)28(29,30)31)18-33-16-15-27(26(33)34,21-10-4-2-5-11-21)22-12-6-3-7-13-22/h2-14,17H,15-16,18H2,1H3. The average molecular weight is 493 g/mol. The second-order valence-electron chi connectivity index (χ2n) is 8.72. The molecule has 0 spiro atoms. The van der Waals surface area contributed by atoms with Crippen LogP contribution in [-0.4, -0.2) is 22.3 Å². The van der Waals surface area contributed by atoms with Crippen molar-refractivity contribution in [1.82, 2.24) is 9.88 Å². The molecule has 0 N–H and O–H groups in total. The number of aromatic nitrogens is 1. The molecule has 0 unspecified atom stereocenters. The Bertz CT molecular complexity index is 1310. The van der Waals surface area contributed by atoms with Gasteiger partial charge in [-0.25, -0.2) is 4.98 Å². The van der Waals surface area contributed by atoms with Crippen LogP contribution >= 0.6 is 11.3 Å². The van der Waals surface area contributed by atoms with Gasteiger partial charge in [0.15, 0.2) is 0 Å². The highest BCUT2D eigenvalue weighted by atomic mass is 32.1. The maximum absolute atomic E-state index is 14.0. The van der Waals surface area contributed by atoms with Crippen molar-refractivity contribution in [2.24, 2.45) is 0 Å². The van der Waals surface area contributed by atoms with Crippen LogP contribution in [0.1, 0.15) is 33.7 Å². The molecule has 0 atom stereocenters. The van der Waals surface area contributed by atoms with Crippen molar-refractivity contribution in [3.63, 3.8) is 0 Å². The van der Waals surface area contributed by atoms with Crippen LogP contribution in [0.25, 0.3) is 10.6 Å². The molecule has 1 aromatic heterocycles. The van der Waals surface area contributed by atoms with Crippen LogP contribution in [0.2, 0.25) is 0 Å². The topological polar surface area (TPSA) is 33.2 Å². The summed E-state index contributed by atoms with van der Waals surface area (Å²) in [4.78, 5) is 21.2. The van der Waals surface area contributed by atoms with E-state index in [0.29, 0.717) is 30.1 Å². The van der Waals surface area contributed by atoms with Crippen molar-refractivity contribution in [1.29, 1.82) is 0 Å². The second kappa shape index (κ2) is 8.96. The molecule has 7 heteroatoms. The fraction of sp³-hybridized carbons (Fsp3) is 0.214. The van der Waals surface area contributed by atoms with Crippen molar-refractivity contribution >= 4 is 17.2 Å². The van der Waals surface area contributed by atoms with Crippen LogP contribution < -0.4 is 0 Å². The maximum atomic E-state index is 14.0. The minimum Gasteiger partial charge on any atom is -0.336 e. The van der Waals surface area contributed by atoms with Gasteiger partial charge in [0.25, 0.3) is 0 Å². The number of carbonyl (C=O) groups is 1. The zero-order chi connectivity index (χ0) is 24.6. The summed E-state index contributed by atoms with van der Waals surface area (Å²) in [6.45, 7) is 2.80. The Labute approximate surface area is 205 Å². The van der Waals surface area contributed by atoms with Crippen LogP contribution in [0.5, 0.6) is 0 Å². The number of amides is 1. The molecule has 4 aromatic rings. The third-order valence-electron chi connectivity index (χ3n) is 6.61. The highest BCUT2D eigenvalue weighted by Crippen LogP contribution is 2.43. The first-order chi connectivity index (χ1) is 16.8. The number of halogens is 3. The molecule has 1 fully saturated rings. The predicted molar refractivity (Wildman–Crippen MR) is 131 cm³/mol. The van der Waals surface area contributed by atoms with E-state index in [2.05, 4.69) is 4.98 Å². The SMILES string of the molecule is Cc1nc(-c2cccc(C(F)(F)F)c2)sc1CN1CCC(c2ccccc2)(c2ccccc2)C1=O. The van der Waals surface area contributed by atoms with Crippen molar-refractivity contribution in [2.45, 2.75) is 31.5 Å². The number of nitrogens with zero attached hydrogens (tertiary/aromatic N) is 2. The summed E-state index contributed by atoms with van der Waals surface area (Å²) in [5, 5.41) is 0.521. The van der Waals surface area contributed by atoms with E-state index in [4.69, 9.17) is 0 Å². The first-order valence-corrected chi connectivity index (χ1v) is 12.1. The first kappa shape index (κ1) is 23.3. The van der Waals surface area contributed by atoms with Crippen molar-refractivity contribution < 1.29 is 18.0 Å². The molecule has 2 heterocycles. The zero-order valence-corrected chi connectivity index (χ0v) is 19.9. The third kappa shape index (κ3) is 4.25. The number of benzene rings is 3. The van der Waals surface area contributed by atoms with Gasteiger partial charge in [-0.05, 0) is 36.6 Å². The average Bonchev–Trinajstić information content (AvgIpc) is 3.40. The molecule has 3 aromatic carbocycles. The molecule has 1 aliphatic rings. The number of carbonyl (C=O) groups excluding carboxylic acids is 1. The monoisotopic (exact) mass is 492 g/mol. The molecule has 0 saturated carbocycles. The summed E-state index contributed by atoms with van der Waals surface area (Å²) >= 11 is 1.34. The van der Waals surface area contributed by atoms with E-state index >= 15 is 0 Å². The van der Waals surface area contributed by atoms with E-state index < -0.39 is 17.2 Å². The number of hydrogen-bond donors (Lipinski definition) is 0. The van der Waals surface area contributed by atoms with E-state index in [1.54, 1.807) is 6.07 Å². The number of alkyl halides is 3. The molecule has 3 nitrogen and oxygen atoms in total. The summed E-state index contributed by atoms with van der Waals surface area (Å²) < 4.78 is 39.5. The molecule has 35 heavy (non-hydrogen) atoms.